The summed E-state index contributed by atoms with van der Waals surface area (Å²) >= 11 is 5.26. The molecule has 3 nitrogen and oxygen atoms in total. The van der Waals surface area contributed by atoms with Crippen LogP contribution in [0, 0.1) is 5.92 Å². The SMILES string of the molecule is CC(C)CN1C(N)=NCC1c1ccc(Br)s1. The predicted molar refractivity (Wildman–Crippen MR) is 72.8 cm³/mol. The molecule has 1 aliphatic heterocycles. The van der Waals surface area contributed by atoms with Gasteiger partial charge in [-0.1, -0.05) is 13.8 Å². The Kier molecular flexibility index (Phi) is 3.54. The van der Waals surface area contributed by atoms with Crippen LogP contribution in [0.2, 0.25) is 0 Å². The fourth-order valence-electron chi connectivity index (χ4n) is 1.89. The van der Waals surface area contributed by atoms with Crippen molar-refractivity contribution in [2.45, 2.75) is 19.9 Å². The molecule has 0 amide bonds. The molecule has 2 rings (SSSR count). The first-order valence-electron chi connectivity index (χ1n) is 5.39. The van der Waals surface area contributed by atoms with Gasteiger partial charge >= 0.3 is 0 Å². The second-order valence-corrected chi connectivity index (χ2v) is 6.90. The van der Waals surface area contributed by atoms with Gasteiger partial charge in [-0.25, -0.2) is 0 Å². The van der Waals surface area contributed by atoms with Gasteiger partial charge in [-0.15, -0.1) is 11.3 Å². The number of aliphatic imine (C=N–C) groups is 1. The minimum absolute atomic E-state index is 0.332. The van der Waals surface area contributed by atoms with Crippen molar-refractivity contribution in [3.05, 3.63) is 20.8 Å². The molecule has 1 atom stereocenters. The maximum absolute atomic E-state index is 5.93. The number of thiophene rings is 1. The first-order chi connectivity index (χ1) is 7.58. The van der Waals surface area contributed by atoms with Gasteiger partial charge in [-0.3, -0.25) is 4.99 Å². The molecule has 1 aromatic heterocycles. The van der Waals surface area contributed by atoms with Gasteiger partial charge < -0.3 is 10.6 Å². The predicted octanol–water partition coefficient (Wildman–Crippen LogP) is 2.84. The van der Waals surface area contributed by atoms with Crippen LogP contribution in [-0.4, -0.2) is 23.9 Å². The molecule has 5 heteroatoms. The summed E-state index contributed by atoms with van der Waals surface area (Å²) in [4.78, 5) is 7.89. The summed E-state index contributed by atoms with van der Waals surface area (Å²) in [6.45, 7) is 6.15. The van der Waals surface area contributed by atoms with E-state index in [1.165, 1.54) is 4.88 Å². The number of halogens is 1. The van der Waals surface area contributed by atoms with E-state index < -0.39 is 0 Å². The van der Waals surface area contributed by atoms with Gasteiger partial charge in [0.05, 0.1) is 16.4 Å². The van der Waals surface area contributed by atoms with Gasteiger partial charge in [0, 0.05) is 11.4 Å². The normalized spacial score (nSPS) is 20.6. The van der Waals surface area contributed by atoms with Crippen LogP contribution < -0.4 is 5.73 Å². The van der Waals surface area contributed by atoms with Gasteiger partial charge in [0.2, 0.25) is 0 Å². The third-order valence-electron chi connectivity index (χ3n) is 2.58. The minimum Gasteiger partial charge on any atom is -0.370 e. The lowest BCUT2D eigenvalue weighted by Crippen LogP contribution is -2.38. The lowest BCUT2D eigenvalue weighted by molar-refractivity contribution is 0.313. The highest BCUT2D eigenvalue weighted by Gasteiger charge is 2.28. The fourth-order valence-corrected chi connectivity index (χ4v) is 3.42. The van der Waals surface area contributed by atoms with Crippen LogP contribution >= 0.6 is 27.3 Å². The fraction of sp³-hybridized carbons (Fsp3) is 0.545. The maximum Gasteiger partial charge on any atom is 0.191 e. The van der Waals surface area contributed by atoms with Crippen molar-refractivity contribution >= 4 is 33.2 Å². The number of hydrogen-bond acceptors (Lipinski definition) is 4. The van der Waals surface area contributed by atoms with Crippen molar-refractivity contribution in [3.63, 3.8) is 0 Å². The number of rotatable bonds is 3. The highest BCUT2D eigenvalue weighted by atomic mass is 79.9. The molecule has 2 heterocycles. The van der Waals surface area contributed by atoms with Crippen molar-refractivity contribution < 1.29 is 0 Å². The standard InChI is InChI=1S/C11H16BrN3S/c1-7(2)6-15-8(5-14-11(15)13)9-3-4-10(12)16-9/h3-4,7-8H,5-6H2,1-2H3,(H2,13,14). The molecule has 0 aliphatic carbocycles. The first-order valence-corrected chi connectivity index (χ1v) is 7.00. The lowest BCUT2D eigenvalue weighted by Gasteiger charge is -2.27. The Hall–Kier alpha value is -0.550. The second kappa shape index (κ2) is 4.75. The van der Waals surface area contributed by atoms with E-state index in [0.717, 1.165) is 16.9 Å². The molecule has 0 bridgehead atoms. The Bertz CT molecular complexity index is 400. The molecule has 1 aliphatic rings. The Balaban J connectivity index is 2.16. The molecule has 16 heavy (non-hydrogen) atoms. The summed E-state index contributed by atoms with van der Waals surface area (Å²) in [5.41, 5.74) is 5.93. The van der Waals surface area contributed by atoms with Gasteiger partial charge in [0.15, 0.2) is 5.96 Å². The largest absolute Gasteiger partial charge is 0.370 e. The lowest BCUT2D eigenvalue weighted by atomic mass is 10.1. The maximum atomic E-state index is 5.93. The van der Waals surface area contributed by atoms with E-state index in [2.05, 4.69) is 51.8 Å². The number of hydrogen-bond donors (Lipinski definition) is 1. The Morgan fingerprint density at radius 1 is 1.62 bits per heavy atom. The molecule has 88 valence electrons. The average molecular weight is 302 g/mol. The summed E-state index contributed by atoms with van der Waals surface area (Å²) in [6, 6.07) is 4.57. The molecule has 1 aromatic rings. The van der Waals surface area contributed by atoms with Crippen LogP contribution in [0.5, 0.6) is 0 Å². The third kappa shape index (κ3) is 2.40. The topological polar surface area (TPSA) is 41.6 Å². The van der Waals surface area contributed by atoms with Crippen LogP contribution in [-0.2, 0) is 0 Å². The third-order valence-corrected chi connectivity index (χ3v) is 4.31. The van der Waals surface area contributed by atoms with E-state index in [0.29, 0.717) is 17.9 Å². The molecular weight excluding hydrogens is 286 g/mol. The number of guanidine groups is 1. The van der Waals surface area contributed by atoms with Crippen LogP contribution in [0.1, 0.15) is 24.8 Å². The zero-order valence-electron chi connectivity index (χ0n) is 9.48. The van der Waals surface area contributed by atoms with Gasteiger partial charge in [0.25, 0.3) is 0 Å². The van der Waals surface area contributed by atoms with Gasteiger partial charge in [-0.05, 0) is 34.0 Å². The highest BCUT2D eigenvalue weighted by Crippen LogP contribution is 2.33. The van der Waals surface area contributed by atoms with Gasteiger partial charge in [-0.2, -0.15) is 0 Å². The van der Waals surface area contributed by atoms with Crippen molar-refractivity contribution in [2.24, 2.45) is 16.6 Å². The van der Waals surface area contributed by atoms with Crippen molar-refractivity contribution in [2.75, 3.05) is 13.1 Å². The van der Waals surface area contributed by atoms with E-state index in [4.69, 9.17) is 5.73 Å². The second-order valence-electron chi connectivity index (χ2n) is 4.40. The van der Waals surface area contributed by atoms with E-state index in [-0.39, 0.29) is 0 Å². The smallest absolute Gasteiger partial charge is 0.191 e. The average Bonchev–Trinajstić information content (AvgIpc) is 2.75. The van der Waals surface area contributed by atoms with Crippen LogP contribution in [0.15, 0.2) is 20.9 Å². The Morgan fingerprint density at radius 2 is 2.38 bits per heavy atom. The van der Waals surface area contributed by atoms with Crippen LogP contribution in [0.25, 0.3) is 0 Å². The molecule has 2 N–H and O–H groups in total. The van der Waals surface area contributed by atoms with Crippen molar-refractivity contribution in [1.82, 2.24) is 4.90 Å². The number of nitrogens with two attached hydrogens (primary N) is 1. The first kappa shape index (κ1) is 11.9. The molecule has 0 aromatic carbocycles. The van der Waals surface area contributed by atoms with E-state index in [1.54, 1.807) is 11.3 Å². The molecular formula is C11H16BrN3S. The molecule has 0 spiro atoms. The summed E-state index contributed by atoms with van der Waals surface area (Å²) in [7, 11) is 0. The number of nitrogens with zero attached hydrogens (tertiary/aromatic N) is 2. The van der Waals surface area contributed by atoms with Crippen molar-refractivity contribution in [1.29, 1.82) is 0 Å². The van der Waals surface area contributed by atoms with Crippen molar-refractivity contribution in [3.8, 4) is 0 Å². The zero-order chi connectivity index (χ0) is 11.7. The molecule has 0 saturated carbocycles. The summed E-state index contributed by atoms with van der Waals surface area (Å²) in [5.74, 6) is 1.28. The summed E-state index contributed by atoms with van der Waals surface area (Å²) < 4.78 is 1.16. The van der Waals surface area contributed by atoms with E-state index >= 15 is 0 Å². The summed E-state index contributed by atoms with van der Waals surface area (Å²) in [6.07, 6.45) is 0. The zero-order valence-corrected chi connectivity index (χ0v) is 11.9. The summed E-state index contributed by atoms with van der Waals surface area (Å²) in [5, 5.41) is 0. The van der Waals surface area contributed by atoms with Gasteiger partial charge in [0.1, 0.15) is 0 Å². The van der Waals surface area contributed by atoms with E-state index in [9.17, 15) is 0 Å². The molecule has 0 radical (unpaired) electrons. The molecule has 0 fully saturated rings. The Labute approximate surface area is 108 Å². The quantitative estimate of drug-likeness (QED) is 0.933. The van der Waals surface area contributed by atoms with Crippen LogP contribution in [0.3, 0.4) is 0 Å². The Morgan fingerprint density at radius 3 is 2.94 bits per heavy atom. The van der Waals surface area contributed by atoms with Crippen LogP contribution in [0.4, 0.5) is 0 Å². The molecule has 0 saturated heterocycles. The highest BCUT2D eigenvalue weighted by molar-refractivity contribution is 9.11. The monoisotopic (exact) mass is 301 g/mol. The minimum atomic E-state index is 0.332. The van der Waals surface area contributed by atoms with E-state index in [1.807, 2.05) is 0 Å². The molecule has 1 unspecified atom stereocenters.